The Labute approximate surface area is 203 Å². The lowest BCUT2D eigenvalue weighted by atomic mass is 9.97. The maximum atomic E-state index is 12.8. The molecule has 0 spiro atoms. The van der Waals surface area contributed by atoms with E-state index < -0.39 is 0 Å². The van der Waals surface area contributed by atoms with Gasteiger partial charge in [-0.05, 0) is 46.9 Å². The second kappa shape index (κ2) is 8.58. The highest BCUT2D eigenvalue weighted by Crippen LogP contribution is 2.42. The molecule has 1 N–H and O–H groups in total. The van der Waals surface area contributed by atoms with Gasteiger partial charge in [-0.1, -0.05) is 44.2 Å². The molecule has 35 heavy (non-hydrogen) atoms. The van der Waals surface area contributed by atoms with E-state index in [-0.39, 0.29) is 12.0 Å². The first-order valence-corrected chi connectivity index (χ1v) is 11.9. The van der Waals surface area contributed by atoms with Crippen molar-refractivity contribution in [3.63, 3.8) is 0 Å². The van der Waals surface area contributed by atoms with Gasteiger partial charge in [0.1, 0.15) is 18.0 Å². The number of carbonyl (C=O) groups is 1. The summed E-state index contributed by atoms with van der Waals surface area (Å²) in [6, 6.07) is 18.2. The second-order valence-electron chi connectivity index (χ2n) is 9.19. The van der Waals surface area contributed by atoms with E-state index in [0.717, 1.165) is 27.9 Å². The number of fused-ring (bicyclic) bond motifs is 2. The summed E-state index contributed by atoms with van der Waals surface area (Å²) >= 11 is 0. The number of rotatable bonds is 4. The molecule has 2 aromatic carbocycles. The number of pyridine rings is 1. The summed E-state index contributed by atoms with van der Waals surface area (Å²) in [7, 11) is 0. The van der Waals surface area contributed by atoms with E-state index >= 15 is 0 Å². The lowest BCUT2D eigenvalue weighted by molar-refractivity contribution is 0.0913. The van der Waals surface area contributed by atoms with E-state index in [2.05, 4.69) is 48.4 Å². The maximum absolute atomic E-state index is 12.8. The first-order chi connectivity index (χ1) is 17.1. The Bertz CT molecular complexity index is 1390. The number of aromatic nitrogens is 3. The van der Waals surface area contributed by atoms with Crippen molar-refractivity contribution >= 4 is 5.91 Å². The zero-order valence-electron chi connectivity index (χ0n) is 19.7. The van der Waals surface area contributed by atoms with Gasteiger partial charge in [0.05, 0.1) is 6.54 Å². The highest BCUT2D eigenvalue weighted by atomic mass is 16.6. The number of ether oxygens (including phenoxy) is 2. The molecule has 7 heteroatoms. The Morgan fingerprint density at radius 1 is 1.00 bits per heavy atom. The lowest BCUT2D eigenvalue weighted by Crippen LogP contribution is -2.35. The molecule has 0 saturated carbocycles. The van der Waals surface area contributed by atoms with E-state index in [1.54, 1.807) is 17.1 Å². The van der Waals surface area contributed by atoms with Crippen LogP contribution in [0.15, 0.2) is 67.0 Å². The Morgan fingerprint density at radius 2 is 1.80 bits per heavy atom. The van der Waals surface area contributed by atoms with Crippen molar-refractivity contribution in [2.24, 2.45) is 0 Å². The number of benzene rings is 2. The predicted octanol–water partition coefficient (Wildman–Crippen LogP) is 4.99. The fourth-order valence-corrected chi connectivity index (χ4v) is 4.69. The minimum atomic E-state index is -0.170. The van der Waals surface area contributed by atoms with Crippen molar-refractivity contribution in [3.8, 4) is 33.9 Å². The first-order valence-electron chi connectivity index (χ1n) is 11.9. The standard InChI is InChI=1S/C28H26N4O3/c1-17(2)18-3-5-19(6-4-18)24-16-34-23-15-21(7-8-22(23)35-24)25-26(20-9-11-29-12-10-20)31-32-14-13-30-28(33)27(25)32/h3-12,15,17,24H,13-14,16H2,1-2H3,(H,30,33). The number of nitrogens with zero attached hydrogens (tertiary/aromatic N) is 3. The summed E-state index contributed by atoms with van der Waals surface area (Å²) in [5, 5.41) is 7.73. The normalized spacial score (nSPS) is 16.7. The third-order valence-electron chi connectivity index (χ3n) is 6.60. The highest BCUT2D eigenvalue weighted by Gasteiger charge is 2.30. The van der Waals surface area contributed by atoms with Gasteiger partial charge in [-0.3, -0.25) is 14.5 Å². The van der Waals surface area contributed by atoms with Gasteiger partial charge < -0.3 is 14.8 Å². The van der Waals surface area contributed by atoms with Crippen LogP contribution in [0.25, 0.3) is 22.4 Å². The average molecular weight is 467 g/mol. The van der Waals surface area contributed by atoms with Crippen molar-refractivity contribution in [2.75, 3.05) is 13.2 Å². The van der Waals surface area contributed by atoms with Crippen LogP contribution in [-0.2, 0) is 6.54 Å². The Hall–Kier alpha value is -4.13. The highest BCUT2D eigenvalue weighted by molar-refractivity contribution is 6.03. The molecule has 2 aliphatic heterocycles. The van der Waals surface area contributed by atoms with Crippen LogP contribution in [0.4, 0.5) is 0 Å². The van der Waals surface area contributed by atoms with E-state index in [4.69, 9.17) is 14.6 Å². The molecule has 1 amide bonds. The third kappa shape index (κ3) is 3.83. The van der Waals surface area contributed by atoms with Crippen LogP contribution >= 0.6 is 0 Å². The smallest absolute Gasteiger partial charge is 0.270 e. The van der Waals surface area contributed by atoms with Crippen LogP contribution in [0.3, 0.4) is 0 Å². The number of hydrogen-bond donors (Lipinski definition) is 1. The second-order valence-corrected chi connectivity index (χ2v) is 9.19. The number of amides is 1. The van der Waals surface area contributed by atoms with E-state index in [0.29, 0.717) is 42.8 Å². The minimum absolute atomic E-state index is 0.126. The largest absolute Gasteiger partial charge is 0.485 e. The Balaban J connectivity index is 1.36. The quantitative estimate of drug-likeness (QED) is 0.458. The topological polar surface area (TPSA) is 78.3 Å². The van der Waals surface area contributed by atoms with Gasteiger partial charge in [0, 0.05) is 30.1 Å². The summed E-state index contributed by atoms with van der Waals surface area (Å²) in [5.41, 5.74) is 6.25. The molecule has 2 aliphatic rings. The zero-order valence-corrected chi connectivity index (χ0v) is 19.7. The molecular weight excluding hydrogens is 440 g/mol. The third-order valence-corrected chi connectivity index (χ3v) is 6.60. The van der Waals surface area contributed by atoms with Crippen LogP contribution in [0.2, 0.25) is 0 Å². The maximum Gasteiger partial charge on any atom is 0.270 e. The SMILES string of the molecule is CC(C)c1ccc(C2COc3cc(-c4c(-c5ccncc5)nn5c4C(=O)NCC5)ccc3O2)cc1. The molecule has 1 unspecified atom stereocenters. The molecule has 0 radical (unpaired) electrons. The number of carbonyl (C=O) groups excluding carboxylic acids is 1. The number of hydrogen-bond acceptors (Lipinski definition) is 5. The molecular formula is C28H26N4O3. The zero-order chi connectivity index (χ0) is 23.9. The first kappa shape index (κ1) is 21.4. The molecule has 0 fully saturated rings. The van der Waals surface area contributed by atoms with Crippen molar-refractivity contribution in [1.29, 1.82) is 0 Å². The van der Waals surface area contributed by atoms with Gasteiger partial charge in [-0.15, -0.1) is 0 Å². The molecule has 0 saturated heterocycles. The molecule has 176 valence electrons. The summed E-state index contributed by atoms with van der Waals surface area (Å²) in [5.74, 6) is 1.71. The molecule has 6 rings (SSSR count). The summed E-state index contributed by atoms with van der Waals surface area (Å²) in [6.45, 7) is 5.97. The van der Waals surface area contributed by atoms with Gasteiger partial charge in [0.15, 0.2) is 17.6 Å². The lowest BCUT2D eigenvalue weighted by Gasteiger charge is -2.27. The molecule has 0 bridgehead atoms. The van der Waals surface area contributed by atoms with Crippen molar-refractivity contribution in [1.82, 2.24) is 20.1 Å². The monoisotopic (exact) mass is 466 g/mol. The van der Waals surface area contributed by atoms with Gasteiger partial charge in [-0.25, -0.2) is 0 Å². The summed E-state index contributed by atoms with van der Waals surface area (Å²) in [6.07, 6.45) is 3.29. The molecule has 1 atom stereocenters. The van der Waals surface area contributed by atoms with E-state index in [9.17, 15) is 4.79 Å². The van der Waals surface area contributed by atoms with Gasteiger partial charge in [0.25, 0.3) is 5.91 Å². The Kier molecular flexibility index (Phi) is 5.25. The van der Waals surface area contributed by atoms with Gasteiger partial charge in [0.2, 0.25) is 0 Å². The van der Waals surface area contributed by atoms with Crippen molar-refractivity contribution in [2.45, 2.75) is 32.4 Å². The van der Waals surface area contributed by atoms with Crippen molar-refractivity contribution in [3.05, 3.63) is 83.8 Å². The van der Waals surface area contributed by atoms with Gasteiger partial charge in [-0.2, -0.15) is 5.10 Å². The van der Waals surface area contributed by atoms with Crippen molar-refractivity contribution < 1.29 is 14.3 Å². The molecule has 4 heterocycles. The molecule has 7 nitrogen and oxygen atoms in total. The van der Waals surface area contributed by atoms with Crippen LogP contribution in [0, 0.1) is 0 Å². The molecule has 4 aromatic rings. The van der Waals surface area contributed by atoms with Crippen LogP contribution in [0.1, 0.15) is 47.5 Å². The average Bonchev–Trinajstić information content (AvgIpc) is 3.30. The van der Waals surface area contributed by atoms with Gasteiger partial charge >= 0.3 is 0 Å². The molecule has 0 aliphatic carbocycles. The minimum Gasteiger partial charge on any atom is -0.485 e. The summed E-state index contributed by atoms with van der Waals surface area (Å²) < 4.78 is 14.3. The van der Waals surface area contributed by atoms with E-state index in [1.807, 2.05) is 30.3 Å². The van der Waals surface area contributed by atoms with Crippen LogP contribution in [-0.4, -0.2) is 33.8 Å². The fourth-order valence-electron chi connectivity index (χ4n) is 4.69. The van der Waals surface area contributed by atoms with E-state index in [1.165, 1.54) is 5.56 Å². The predicted molar refractivity (Wildman–Crippen MR) is 133 cm³/mol. The number of nitrogens with one attached hydrogen (secondary N) is 1. The Morgan fingerprint density at radius 3 is 2.57 bits per heavy atom. The van der Waals surface area contributed by atoms with Crippen LogP contribution < -0.4 is 14.8 Å². The summed E-state index contributed by atoms with van der Waals surface area (Å²) in [4.78, 5) is 17.0. The van der Waals surface area contributed by atoms with Crippen LogP contribution in [0.5, 0.6) is 11.5 Å². The molecule has 2 aromatic heterocycles. The fraction of sp³-hybridized carbons (Fsp3) is 0.250.